The summed E-state index contributed by atoms with van der Waals surface area (Å²) < 4.78 is 0. The molecule has 1 rings (SSSR count). The van der Waals surface area contributed by atoms with Crippen molar-refractivity contribution in [3.05, 3.63) is 35.9 Å². The molecule has 0 aliphatic rings. The zero-order chi connectivity index (χ0) is 15.8. The van der Waals surface area contributed by atoms with Gasteiger partial charge in [-0.1, -0.05) is 30.3 Å². The third-order valence-electron chi connectivity index (χ3n) is 3.38. The predicted molar refractivity (Wildman–Crippen MR) is 88.5 cm³/mol. The van der Waals surface area contributed by atoms with E-state index in [0.29, 0.717) is 19.5 Å². The van der Waals surface area contributed by atoms with E-state index >= 15 is 0 Å². The van der Waals surface area contributed by atoms with Crippen LogP contribution in [0.3, 0.4) is 0 Å². The Balaban J connectivity index is 2.53. The first-order valence-corrected chi connectivity index (χ1v) is 7.82. The van der Waals surface area contributed by atoms with Gasteiger partial charge in [-0.05, 0) is 32.8 Å². The van der Waals surface area contributed by atoms with Gasteiger partial charge in [-0.15, -0.1) is 0 Å². The van der Waals surface area contributed by atoms with Crippen molar-refractivity contribution < 1.29 is 9.59 Å². The normalized spacial score (nSPS) is 13.3. The Morgan fingerprint density at radius 1 is 1.19 bits per heavy atom. The molecule has 5 heteroatoms. The van der Waals surface area contributed by atoms with Crippen LogP contribution in [0.2, 0.25) is 0 Å². The Labute approximate surface area is 132 Å². The van der Waals surface area contributed by atoms with Gasteiger partial charge in [0, 0.05) is 13.1 Å². The average Bonchev–Trinajstić information content (AvgIpc) is 2.49. The van der Waals surface area contributed by atoms with Crippen LogP contribution in [0.4, 0.5) is 0 Å². The third kappa shape index (κ3) is 5.42. The highest BCUT2D eigenvalue weighted by molar-refractivity contribution is 7.81. The highest BCUT2D eigenvalue weighted by Crippen LogP contribution is 2.08. The van der Waals surface area contributed by atoms with E-state index in [1.807, 2.05) is 44.2 Å². The van der Waals surface area contributed by atoms with E-state index in [9.17, 15) is 9.59 Å². The zero-order valence-electron chi connectivity index (χ0n) is 12.9. The van der Waals surface area contributed by atoms with Crippen LogP contribution in [0.15, 0.2) is 30.3 Å². The maximum absolute atomic E-state index is 12.1. The van der Waals surface area contributed by atoms with Gasteiger partial charge in [0.2, 0.25) is 11.8 Å². The molecule has 0 fully saturated rings. The molecule has 116 valence electrons. The Morgan fingerprint density at radius 3 is 2.29 bits per heavy atom. The number of thiol groups is 1. The summed E-state index contributed by atoms with van der Waals surface area (Å²) in [6, 6.07) is 9.19. The van der Waals surface area contributed by atoms with Crippen LogP contribution in [0.25, 0.3) is 0 Å². The van der Waals surface area contributed by atoms with Crippen molar-refractivity contribution in [2.45, 2.75) is 38.5 Å². The number of carbonyl (C=O) groups is 2. The Morgan fingerprint density at radius 2 is 1.76 bits per heavy atom. The number of nitrogens with zero attached hydrogens (tertiary/aromatic N) is 1. The maximum Gasteiger partial charge on any atom is 0.244 e. The van der Waals surface area contributed by atoms with E-state index in [-0.39, 0.29) is 11.8 Å². The maximum atomic E-state index is 12.1. The molecule has 0 aliphatic carbocycles. The summed E-state index contributed by atoms with van der Waals surface area (Å²) >= 11 is 4.34. The van der Waals surface area contributed by atoms with Gasteiger partial charge in [0.05, 0.1) is 5.25 Å². The Kier molecular flexibility index (Phi) is 7.29. The monoisotopic (exact) mass is 308 g/mol. The standard InChI is InChI=1S/C16H24N2O2S/c1-4-18(5-2)16(20)12(3)17-15(19)14(21)11-13-9-7-6-8-10-13/h6-10,12,14,21H,4-5,11H2,1-3H3,(H,17,19). The molecule has 0 saturated carbocycles. The lowest BCUT2D eigenvalue weighted by atomic mass is 10.1. The molecule has 4 nitrogen and oxygen atoms in total. The minimum absolute atomic E-state index is 0.0615. The quantitative estimate of drug-likeness (QED) is 0.756. The number of nitrogens with one attached hydrogen (secondary N) is 1. The first-order chi connectivity index (χ1) is 9.99. The Bertz CT molecular complexity index is 461. The zero-order valence-corrected chi connectivity index (χ0v) is 13.8. The van der Waals surface area contributed by atoms with Crippen LogP contribution in [0.1, 0.15) is 26.3 Å². The Hall–Kier alpha value is -1.49. The van der Waals surface area contributed by atoms with Gasteiger partial charge in [0.25, 0.3) is 0 Å². The molecule has 2 amide bonds. The van der Waals surface area contributed by atoms with Crippen molar-refractivity contribution in [3.8, 4) is 0 Å². The molecule has 0 heterocycles. The molecule has 0 spiro atoms. The molecule has 0 saturated heterocycles. The molecule has 2 unspecified atom stereocenters. The van der Waals surface area contributed by atoms with Crippen molar-refractivity contribution in [2.75, 3.05) is 13.1 Å². The third-order valence-corrected chi connectivity index (χ3v) is 3.80. The lowest BCUT2D eigenvalue weighted by molar-refractivity contribution is -0.135. The minimum Gasteiger partial charge on any atom is -0.344 e. The molecule has 0 bridgehead atoms. The first-order valence-electron chi connectivity index (χ1n) is 7.30. The summed E-state index contributed by atoms with van der Waals surface area (Å²) in [5.74, 6) is -0.274. The van der Waals surface area contributed by atoms with Gasteiger partial charge >= 0.3 is 0 Å². The number of hydrogen-bond donors (Lipinski definition) is 2. The van der Waals surface area contributed by atoms with E-state index in [1.54, 1.807) is 11.8 Å². The molecular formula is C16H24N2O2S. The second-order valence-electron chi connectivity index (χ2n) is 4.95. The number of likely N-dealkylation sites (N-methyl/N-ethyl adjacent to an activating group) is 1. The highest BCUT2D eigenvalue weighted by atomic mass is 32.1. The lowest BCUT2D eigenvalue weighted by Gasteiger charge is -2.24. The van der Waals surface area contributed by atoms with E-state index in [4.69, 9.17) is 0 Å². The van der Waals surface area contributed by atoms with Crippen LogP contribution in [0, 0.1) is 0 Å². The van der Waals surface area contributed by atoms with Gasteiger partial charge in [-0.25, -0.2) is 0 Å². The van der Waals surface area contributed by atoms with Crippen molar-refractivity contribution >= 4 is 24.4 Å². The van der Waals surface area contributed by atoms with Crippen LogP contribution < -0.4 is 5.32 Å². The largest absolute Gasteiger partial charge is 0.344 e. The SMILES string of the molecule is CCN(CC)C(=O)C(C)NC(=O)C(S)Cc1ccccc1. The molecule has 1 aromatic rings. The van der Waals surface area contributed by atoms with Crippen LogP contribution >= 0.6 is 12.6 Å². The molecular weight excluding hydrogens is 284 g/mol. The van der Waals surface area contributed by atoms with Crippen LogP contribution in [-0.4, -0.2) is 41.1 Å². The second kappa shape index (κ2) is 8.72. The first kappa shape index (κ1) is 17.6. The van der Waals surface area contributed by atoms with E-state index in [2.05, 4.69) is 17.9 Å². The number of benzene rings is 1. The van der Waals surface area contributed by atoms with Crippen LogP contribution in [0.5, 0.6) is 0 Å². The van der Waals surface area contributed by atoms with Gasteiger partial charge < -0.3 is 10.2 Å². The van der Waals surface area contributed by atoms with E-state index in [1.165, 1.54) is 0 Å². The van der Waals surface area contributed by atoms with E-state index in [0.717, 1.165) is 5.56 Å². The summed E-state index contributed by atoms with van der Waals surface area (Å²) in [5.41, 5.74) is 1.05. The van der Waals surface area contributed by atoms with Crippen molar-refractivity contribution in [2.24, 2.45) is 0 Å². The molecule has 0 aliphatic heterocycles. The second-order valence-corrected chi connectivity index (χ2v) is 5.57. The molecule has 1 N–H and O–H groups in total. The molecule has 0 radical (unpaired) electrons. The van der Waals surface area contributed by atoms with Crippen LogP contribution in [-0.2, 0) is 16.0 Å². The summed E-state index contributed by atoms with van der Waals surface area (Å²) in [7, 11) is 0. The fraction of sp³-hybridized carbons (Fsp3) is 0.500. The fourth-order valence-corrected chi connectivity index (χ4v) is 2.40. The molecule has 0 aromatic heterocycles. The van der Waals surface area contributed by atoms with E-state index < -0.39 is 11.3 Å². The number of amides is 2. The fourth-order valence-electron chi connectivity index (χ4n) is 2.11. The van der Waals surface area contributed by atoms with Crippen molar-refractivity contribution in [1.29, 1.82) is 0 Å². The molecule has 2 atom stereocenters. The number of rotatable bonds is 7. The number of hydrogen-bond acceptors (Lipinski definition) is 3. The summed E-state index contributed by atoms with van der Waals surface area (Å²) in [6.45, 7) is 6.84. The lowest BCUT2D eigenvalue weighted by Crippen LogP contribution is -2.49. The summed E-state index contributed by atoms with van der Waals surface area (Å²) in [6.07, 6.45) is 0.544. The topological polar surface area (TPSA) is 49.4 Å². The summed E-state index contributed by atoms with van der Waals surface area (Å²) in [5, 5.41) is 2.28. The van der Waals surface area contributed by atoms with Gasteiger partial charge in [0.1, 0.15) is 6.04 Å². The number of carbonyl (C=O) groups excluding carboxylic acids is 2. The van der Waals surface area contributed by atoms with Gasteiger partial charge in [-0.2, -0.15) is 12.6 Å². The van der Waals surface area contributed by atoms with Gasteiger partial charge in [-0.3, -0.25) is 9.59 Å². The highest BCUT2D eigenvalue weighted by Gasteiger charge is 2.23. The molecule has 1 aromatic carbocycles. The minimum atomic E-state index is -0.525. The molecule has 21 heavy (non-hydrogen) atoms. The summed E-state index contributed by atoms with van der Waals surface area (Å²) in [4.78, 5) is 25.9. The average molecular weight is 308 g/mol. The predicted octanol–water partition coefficient (Wildman–Crippen LogP) is 1.90. The van der Waals surface area contributed by atoms with Crippen molar-refractivity contribution in [1.82, 2.24) is 10.2 Å². The van der Waals surface area contributed by atoms with Gasteiger partial charge in [0.15, 0.2) is 0 Å². The smallest absolute Gasteiger partial charge is 0.244 e. The van der Waals surface area contributed by atoms with Crippen molar-refractivity contribution in [3.63, 3.8) is 0 Å².